The minimum absolute atomic E-state index is 0.177. The van der Waals surface area contributed by atoms with Crippen LogP contribution in [0.5, 0.6) is 0 Å². The Kier molecular flexibility index (Phi) is 4.06. The Balaban J connectivity index is 2.58. The molecule has 0 fully saturated rings. The van der Waals surface area contributed by atoms with Crippen molar-refractivity contribution in [2.45, 2.75) is 21.5 Å². The van der Waals surface area contributed by atoms with Crippen LogP contribution in [0.2, 0.25) is 0 Å². The molecule has 1 heterocycles. The number of hydrogen-bond donors (Lipinski definition) is 0. The zero-order valence-electron chi connectivity index (χ0n) is 9.63. The second-order valence-electron chi connectivity index (χ2n) is 3.68. The molecule has 0 aliphatic carbocycles. The van der Waals surface area contributed by atoms with Crippen molar-refractivity contribution in [2.24, 2.45) is 0 Å². The molecule has 1 aromatic heterocycles. The number of rotatable bonds is 2. The molecule has 2 aromatic rings. The molecule has 2 rings (SSSR count). The van der Waals surface area contributed by atoms with Crippen molar-refractivity contribution in [1.29, 1.82) is 0 Å². The largest absolute Gasteiger partial charge is 0.586 e. The van der Waals surface area contributed by atoms with E-state index in [-0.39, 0.29) is 16.2 Å². The van der Waals surface area contributed by atoms with Crippen LogP contribution in [0.15, 0.2) is 51.6 Å². The molecular formula is C12H7F6S2+. The van der Waals surface area contributed by atoms with E-state index in [1.54, 1.807) is 0 Å². The molecule has 1 atom stereocenters. The summed E-state index contributed by atoms with van der Waals surface area (Å²) >= 11 is 0.278. The van der Waals surface area contributed by atoms with E-state index in [0.717, 1.165) is 11.4 Å². The van der Waals surface area contributed by atoms with Crippen molar-refractivity contribution < 1.29 is 26.3 Å². The Labute approximate surface area is 117 Å². The van der Waals surface area contributed by atoms with Crippen LogP contribution in [0.3, 0.4) is 0 Å². The molecule has 20 heavy (non-hydrogen) atoms. The molecule has 0 amide bonds. The van der Waals surface area contributed by atoms with Crippen molar-refractivity contribution in [3.05, 3.63) is 46.7 Å². The molecule has 0 saturated carbocycles. The average molecular weight is 329 g/mol. The SMILES string of the molecule is FC(F)(F)c1sccc1[S+](c1ccccc1)C(F)(F)F. The van der Waals surface area contributed by atoms with E-state index < -0.39 is 32.4 Å². The van der Waals surface area contributed by atoms with E-state index in [1.807, 2.05) is 0 Å². The minimum Gasteiger partial charge on any atom is -0.165 e. The zero-order valence-corrected chi connectivity index (χ0v) is 11.3. The Morgan fingerprint density at radius 3 is 1.95 bits per heavy atom. The molecule has 8 heteroatoms. The summed E-state index contributed by atoms with van der Waals surface area (Å²) in [5, 5.41) is 1.03. The van der Waals surface area contributed by atoms with Crippen LogP contribution in [0.1, 0.15) is 4.88 Å². The van der Waals surface area contributed by atoms with Gasteiger partial charge in [0, 0.05) is 6.07 Å². The Morgan fingerprint density at radius 1 is 0.850 bits per heavy atom. The molecule has 0 saturated heterocycles. The van der Waals surface area contributed by atoms with Gasteiger partial charge in [-0.25, -0.2) is 0 Å². The molecule has 0 N–H and O–H groups in total. The lowest BCUT2D eigenvalue weighted by Crippen LogP contribution is -2.25. The fraction of sp³-hybridized carbons (Fsp3) is 0.167. The predicted molar refractivity (Wildman–Crippen MR) is 65.7 cm³/mol. The lowest BCUT2D eigenvalue weighted by Gasteiger charge is -2.11. The van der Waals surface area contributed by atoms with Crippen LogP contribution >= 0.6 is 11.3 Å². The van der Waals surface area contributed by atoms with Gasteiger partial charge in [-0.3, -0.25) is 0 Å². The van der Waals surface area contributed by atoms with Crippen LogP contribution in [0.25, 0.3) is 0 Å². The number of alkyl halides is 6. The van der Waals surface area contributed by atoms with Crippen molar-refractivity contribution >= 4 is 22.2 Å². The first-order chi connectivity index (χ1) is 9.21. The number of thiophene rings is 1. The fourth-order valence-corrected chi connectivity index (χ4v) is 4.45. The molecule has 1 aromatic carbocycles. The van der Waals surface area contributed by atoms with Crippen LogP contribution in [-0.4, -0.2) is 5.51 Å². The van der Waals surface area contributed by atoms with Gasteiger partial charge >= 0.3 is 11.7 Å². The molecule has 0 aliphatic heterocycles. The fourth-order valence-electron chi connectivity index (χ4n) is 1.61. The van der Waals surface area contributed by atoms with Crippen LogP contribution in [0, 0.1) is 0 Å². The van der Waals surface area contributed by atoms with E-state index in [9.17, 15) is 26.3 Å². The monoisotopic (exact) mass is 329 g/mol. The molecule has 108 valence electrons. The van der Waals surface area contributed by atoms with Gasteiger partial charge in [0.2, 0.25) is 0 Å². The second kappa shape index (κ2) is 5.33. The van der Waals surface area contributed by atoms with Gasteiger partial charge in [0.15, 0.2) is 25.6 Å². The summed E-state index contributed by atoms with van der Waals surface area (Å²) < 4.78 is 77.9. The maximum absolute atomic E-state index is 13.2. The summed E-state index contributed by atoms with van der Waals surface area (Å²) in [7, 11) is -2.61. The summed E-state index contributed by atoms with van der Waals surface area (Å²) in [4.78, 5) is -2.09. The normalized spacial score (nSPS) is 14.3. The Bertz CT molecular complexity index is 570. The second-order valence-corrected chi connectivity index (χ2v) is 6.58. The molecule has 0 radical (unpaired) electrons. The Hall–Kier alpha value is -1.15. The third-order valence-electron chi connectivity index (χ3n) is 2.32. The van der Waals surface area contributed by atoms with Crippen LogP contribution in [-0.2, 0) is 17.1 Å². The molecule has 0 nitrogen and oxygen atoms in total. The first-order valence-corrected chi connectivity index (χ1v) is 7.32. The summed E-state index contributed by atoms with van der Waals surface area (Å²) in [5.74, 6) is 0. The molecule has 1 unspecified atom stereocenters. The first kappa shape index (κ1) is 15.2. The van der Waals surface area contributed by atoms with Gasteiger partial charge in [-0.05, 0) is 17.5 Å². The highest BCUT2D eigenvalue weighted by molar-refractivity contribution is 7.98. The van der Waals surface area contributed by atoms with Gasteiger partial charge in [0.1, 0.15) is 0 Å². The molecular weight excluding hydrogens is 322 g/mol. The topological polar surface area (TPSA) is 0 Å². The van der Waals surface area contributed by atoms with Gasteiger partial charge in [0.25, 0.3) is 0 Å². The van der Waals surface area contributed by atoms with Crippen LogP contribution < -0.4 is 0 Å². The maximum Gasteiger partial charge on any atom is 0.586 e. The van der Waals surface area contributed by atoms with E-state index >= 15 is 0 Å². The van der Waals surface area contributed by atoms with Crippen molar-refractivity contribution in [2.75, 3.05) is 0 Å². The van der Waals surface area contributed by atoms with Crippen LogP contribution in [0.4, 0.5) is 26.3 Å². The quantitative estimate of drug-likeness (QED) is 0.516. The van der Waals surface area contributed by atoms with E-state index in [0.29, 0.717) is 0 Å². The molecule has 0 bridgehead atoms. The summed E-state index contributed by atoms with van der Waals surface area (Å²) in [6, 6.07) is 7.54. The number of halogens is 6. The molecule has 0 spiro atoms. The van der Waals surface area contributed by atoms with Gasteiger partial charge in [-0.1, -0.05) is 18.2 Å². The third kappa shape index (κ3) is 3.12. The van der Waals surface area contributed by atoms with Gasteiger partial charge < -0.3 is 0 Å². The predicted octanol–water partition coefficient (Wildman–Crippen LogP) is 5.32. The lowest BCUT2D eigenvalue weighted by atomic mass is 10.4. The highest BCUT2D eigenvalue weighted by Gasteiger charge is 2.58. The van der Waals surface area contributed by atoms with E-state index in [4.69, 9.17) is 0 Å². The summed E-state index contributed by atoms with van der Waals surface area (Å²) in [6.45, 7) is 0. The number of benzene rings is 1. The Morgan fingerprint density at radius 2 is 1.45 bits per heavy atom. The van der Waals surface area contributed by atoms with Crippen molar-refractivity contribution in [3.63, 3.8) is 0 Å². The smallest absolute Gasteiger partial charge is 0.165 e. The maximum atomic E-state index is 13.2. The third-order valence-corrected chi connectivity index (χ3v) is 5.39. The van der Waals surface area contributed by atoms with Gasteiger partial charge in [0.05, 0.1) is 0 Å². The van der Waals surface area contributed by atoms with Crippen molar-refractivity contribution in [1.82, 2.24) is 0 Å². The van der Waals surface area contributed by atoms with Crippen molar-refractivity contribution in [3.8, 4) is 0 Å². The lowest BCUT2D eigenvalue weighted by molar-refractivity contribution is -0.136. The van der Waals surface area contributed by atoms with Gasteiger partial charge in [-0.15, -0.1) is 24.5 Å². The van der Waals surface area contributed by atoms with E-state index in [1.165, 1.54) is 30.3 Å². The summed E-state index contributed by atoms with van der Waals surface area (Å²) in [5.41, 5.74) is -4.76. The van der Waals surface area contributed by atoms with E-state index in [2.05, 4.69) is 0 Å². The van der Waals surface area contributed by atoms with Gasteiger partial charge in [-0.2, -0.15) is 13.2 Å². The first-order valence-electron chi connectivity index (χ1n) is 5.22. The standard InChI is InChI=1S/C12H7F6S2/c13-11(14,15)10-9(6-7-19-10)20(12(16,17)18)8-4-2-1-3-5-8/h1-7H/q+1. The minimum atomic E-state index is -4.78. The summed E-state index contributed by atoms with van der Waals surface area (Å²) in [6.07, 6.45) is -4.78. The highest BCUT2D eigenvalue weighted by atomic mass is 32.2. The average Bonchev–Trinajstić information content (AvgIpc) is 2.77. The molecule has 0 aliphatic rings. The number of hydrogen-bond acceptors (Lipinski definition) is 1. The zero-order chi connectivity index (χ0) is 15.0. The highest BCUT2D eigenvalue weighted by Crippen LogP contribution is 2.46.